The highest BCUT2D eigenvalue weighted by Crippen LogP contribution is 2.23. The first-order chi connectivity index (χ1) is 14.7. The third-order valence-corrected chi connectivity index (χ3v) is 6.44. The number of aliphatic imine (C=N–C) groups is 1. The fourth-order valence-electron chi connectivity index (χ4n) is 4.50. The fourth-order valence-corrected chi connectivity index (χ4v) is 4.50. The number of hydrogen-bond acceptors (Lipinski definition) is 4. The van der Waals surface area contributed by atoms with Crippen molar-refractivity contribution < 1.29 is 13.2 Å². The van der Waals surface area contributed by atoms with Gasteiger partial charge >= 0.3 is 6.18 Å². The molecule has 31 heavy (non-hydrogen) atoms. The molecule has 2 heterocycles. The SMILES string of the molecule is CCN(CC1CCN(C(=NCc2nnc(C)n2C)NC2CCCCC2)C1)CC(F)(F)F. The summed E-state index contributed by atoms with van der Waals surface area (Å²) in [7, 11) is 1.93. The summed E-state index contributed by atoms with van der Waals surface area (Å²) in [5.74, 6) is 2.71. The molecular formula is C21H36F3N7. The van der Waals surface area contributed by atoms with E-state index in [0.717, 1.165) is 50.0 Å². The monoisotopic (exact) mass is 443 g/mol. The largest absolute Gasteiger partial charge is 0.401 e. The fraction of sp³-hybridized carbons (Fsp3) is 0.857. The average molecular weight is 444 g/mol. The van der Waals surface area contributed by atoms with Gasteiger partial charge < -0.3 is 14.8 Å². The Morgan fingerprint density at radius 3 is 2.55 bits per heavy atom. The quantitative estimate of drug-likeness (QED) is 0.518. The van der Waals surface area contributed by atoms with Crippen LogP contribution in [0.15, 0.2) is 4.99 Å². The second-order valence-corrected chi connectivity index (χ2v) is 8.89. The lowest BCUT2D eigenvalue weighted by molar-refractivity contribution is -0.146. The first-order valence-corrected chi connectivity index (χ1v) is 11.4. The van der Waals surface area contributed by atoms with E-state index in [-0.39, 0.29) is 5.92 Å². The van der Waals surface area contributed by atoms with Crippen LogP contribution in [-0.4, -0.2) is 75.5 Å². The summed E-state index contributed by atoms with van der Waals surface area (Å²) in [5.41, 5.74) is 0. The molecule has 3 rings (SSSR count). The Labute approximate surface area is 183 Å². The zero-order valence-electron chi connectivity index (χ0n) is 19.0. The van der Waals surface area contributed by atoms with E-state index in [9.17, 15) is 13.2 Å². The molecule has 10 heteroatoms. The van der Waals surface area contributed by atoms with Gasteiger partial charge in [0.2, 0.25) is 0 Å². The second-order valence-electron chi connectivity index (χ2n) is 8.89. The Morgan fingerprint density at radius 2 is 1.94 bits per heavy atom. The molecule has 1 aromatic rings. The number of halogens is 3. The number of rotatable bonds is 7. The van der Waals surface area contributed by atoms with Crippen LogP contribution in [0.3, 0.4) is 0 Å². The topological polar surface area (TPSA) is 61.6 Å². The average Bonchev–Trinajstić information content (AvgIpc) is 3.32. The van der Waals surface area contributed by atoms with Crippen molar-refractivity contribution in [2.45, 2.75) is 71.1 Å². The molecule has 7 nitrogen and oxygen atoms in total. The van der Waals surface area contributed by atoms with E-state index in [1.54, 1.807) is 6.92 Å². The normalized spacial score (nSPS) is 21.3. The van der Waals surface area contributed by atoms with Gasteiger partial charge in [0.25, 0.3) is 0 Å². The number of nitrogens with one attached hydrogen (secondary N) is 1. The molecule has 0 amide bonds. The molecule has 0 radical (unpaired) electrons. The van der Waals surface area contributed by atoms with Crippen LogP contribution in [0.5, 0.6) is 0 Å². The molecule has 1 N–H and O–H groups in total. The van der Waals surface area contributed by atoms with Gasteiger partial charge in [0.05, 0.1) is 6.54 Å². The van der Waals surface area contributed by atoms with Crippen LogP contribution in [-0.2, 0) is 13.6 Å². The maximum absolute atomic E-state index is 12.8. The van der Waals surface area contributed by atoms with Gasteiger partial charge in [-0.25, -0.2) is 4.99 Å². The van der Waals surface area contributed by atoms with Crippen LogP contribution >= 0.6 is 0 Å². The molecule has 2 aliphatic rings. The van der Waals surface area contributed by atoms with E-state index in [1.807, 2.05) is 18.5 Å². The van der Waals surface area contributed by atoms with Gasteiger partial charge in [-0.15, -0.1) is 10.2 Å². The van der Waals surface area contributed by atoms with Crippen molar-refractivity contribution in [2.75, 3.05) is 32.7 Å². The van der Waals surface area contributed by atoms with Crippen molar-refractivity contribution in [1.82, 2.24) is 29.9 Å². The van der Waals surface area contributed by atoms with E-state index in [4.69, 9.17) is 4.99 Å². The molecule has 176 valence electrons. The van der Waals surface area contributed by atoms with Crippen molar-refractivity contribution in [3.8, 4) is 0 Å². The number of nitrogens with zero attached hydrogens (tertiary/aromatic N) is 6. The molecular weight excluding hydrogens is 407 g/mol. The molecule has 1 aliphatic heterocycles. The molecule has 0 bridgehead atoms. The lowest BCUT2D eigenvalue weighted by atomic mass is 9.96. The first kappa shape index (κ1) is 23.8. The molecule has 1 unspecified atom stereocenters. The van der Waals surface area contributed by atoms with Crippen molar-refractivity contribution in [1.29, 1.82) is 0 Å². The van der Waals surface area contributed by atoms with E-state index in [2.05, 4.69) is 20.4 Å². The van der Waals surface area contributed by atoms with Crippen LogP contribution in [0.2, 0.25) is 0 Å². The second kappa shape index (κ2) is 10.7. The van der Waals surface area contributed by atoms with Crippen LogP contribution in [0.4, 0.5) is 13.2 Å². The molecule has 1 saturated heterocycles. The molecule has 0 aromatic carbocycles. The molecule has 0 spiro atoms. The minimum absolute atomic E-state index is 0.206. The molecule has 1 saturated carbocycles. The van der Waals surface area contributed by atoms with Crippen molar-refractivity contribution in [3.63, 3.8) is 0 Å². The van der Waals surface area contributed by atoms with Crippen LogP contribution in [0.25, 0.3) is 0 Å². The van der Waals surface area contributed by atoms with E-state index >= 15 is 0 Å². The van der Waals surface area contributed by atoms with Gasteiger partial charge in [0.15, 0.2) is 11.8 Å². The summed E-state index contributed by atoms with van der Waals surface area (Å²) in [6.07, 6.45) is 2.71. The van der Waals surface area contributed by atoms with Gasteiger partial charge in [-0.1, -0.05) is 26.2 Å². The number of likely N-dealkylation sites (tertiary alicyclic amines) is 1. The number of alkyl halides is 3. The maximum Gasteiger partial charge on any atom is 0.401 e. The van der Waals surface area contributed by atoms with Crippen LogP contribution in [0.1, 0.15) is 57.1 Å². The Balaban J connectivity index is 1.65. The summed E-state index contributed by atoms with van der Waals surface area (Å²) in [4.78, 5) is 8.57. The Bertz CT molecular complexity index is 725. The number of hydrogen-bond donors (Lipinski definition) is 1. The predicted octanol–water partition coefficient (Wildman–Crippen LogP) is 3.11. The van der Waals surface area contributed by atoms with Gasteiger partial charge in [0.1, 0.15) is 12.4 Å². The zero-order chi connectivity index (χ0) is 22.4. The van der Waals surface area contributed by atoms with Gasteiger partial charge in [0, 0.05) is 32.7 Å². The summed E-state index contributed by atoms with van der Waals surface area (Å²) < 4.78 is 40.4. The lowest BCUT2D eigenvalue weighted by Gasteiger charge is -2.30. The number of guanidine groups is 1. The summed E-state index contributed by atoms with van der Waals surface area (Å²) >= 11 is 0. The molecule has 2 fully saturated rings. The van der Waals surface area contributed by atoms with Crippen LogP contribution < -0.4 is 5.32 Å². The summed E-state index contributed by atoms with van der Waals surface area (Å²) in [5, 5.41) is 12.0. The standard InChI is InChI=1S/C21H36F3N7/c1-4-30(15-21(22,23)24)13-17-10-11-31(14-17)20(26-18-8-6-5-7-9-18)25-12-19-28-27-16(2)29(19)3/h17-18H,4-15H2,1-3H3,(H,25,26). The third-order valence-electron chi connectivity index (χ3n) is 6.44. The van der Waals surface area contributed by atoms with E-state index in [0.29, 0.717) is 25.7 Å². The third kappa shape index (κ3) is 7.08. The minimum Gasteiger partial charge on any atom is -0.353 e. The smallest absolute Gasteiger partial charge is 0.353 e. The maximum atomic E-state index is 12.8. The summed E-state index contributed by atoms with van der Waals surface area (Å²) in [6.45, 7) is 5.70. The first-order valence-electron chi connectivity index (χ1n) is 11.4. The Kier molecular flexibility index (Phi) is 8.18. The van der Waals surface area contributed by atoms with E-state index in [1.165, 1.54) is 24.2 Å². The van der Waals surface area contributed by atoms with Gasteiger partial charge in [-0.05, 0) is 38.6 Å². The highest BCUT2D eigenvalue weighted by molar-refractivity contribution is 5.80. The van der Waals surface area contributed by atoms with Crippen molar-refractivity contribution in [3.05, 3.63) is 11.6 Å². The minimum atomic E-state index is -4.16. The van der Waals surface area contributed by atoms with Crippen molar-refractivity contribution in [2.24, 2.45) is 18.0 Å². The van der Waals surface area contributed by atoms with Gasteiger partial charge in [-0.3, -0.25) is 4.90 Å². The molecule has 1 aliphatic carbocycles. The Hall–Kier alpha value is -1.84. The predicted molar refractivity (Wildman–Crippen MR) is 115 cm³/mol. The van der Waals surface area contributed by atoms with Crippen molar-refractivity contribution >= 4 is 5.96 Å². The molecule has 1 aromatic heterocycles. The highest BCUT2D eigenvalue weighted by atomic mass is 19.4. The summed E-state index contributed by atoms with van der Waals surface area (Å²) in [6, 6.07) is 0.408. The Morgan fingerprint density at radius 1 is 1.19 bits per heavy atom. The number of aryl methyl sites for hydroxylation is 1. The lowest BCUT2D eigenvalue weighted by Crippen LogP contribution is -2.46. The highest BCUT2D eigenvalue weighted by Gasteiger charge is 2.33. The van der Waals surface area contributed by atoms with Crippen LogP contribution in [0, 0.1) is 12.8 Å². The molecule has 1 atom stereocenters. The van der Waals surface area contributed by atoms with Gasteiger partial charge in [-0.2, -0.15) is 13.2 Å². The van der Waals surface area contributed by atoms with E-state index < -0.39 is 12.7 Å². The zero-order valence-corrected chi connectivity index (χ0v) is 19.0. The number of aromatic nitrogens is 3.